The molecule has 3 heteroatoms. The predicted octanol–water partition coefficient (Wildman–Crippen LogP) is 6.91. The molecule has 3 nitrogen and oxygen atoms in total. The summed E-state index contributed by atoms with van der Waals surface area (Å²) in [7, 11) is 0. The number of rotatable bonds is 3. The summed E-state index contributed by atoms with van der Waals surface area (Å²) in [6, 6.07) is 6.02. The molecule has 1 aromatic rings. The van der Waals surface area contributed by atoms with Crippen LogP contribution in [0, 0.1) is 23.2 Å². The monoisotopic (exact) mass is 424 g/mol. The van der Waals surface area contributed by atoms with Gasteiger partial charge in [-0.25, -0.2) is 0 Å². The number of ether oxygens (including phenoxy) is 1. The van der Waals surface area contributed by atoms with Gasteiger partial charge in [-0.2, -0.15) is 0 Å². The molecule has 0 aliphatic heterocycles. The molecule has 0 amide bonds. The molecule has 0 saturated heterocycles. The van der Waals surface area contributed by atoms with E-state index in [1.165, 1.54) is 75.3 Å². The number of fused-ring (bicyclic) bond motifs is 5. The van der Waals surface area contributed by atoms with Crippen LogP contribution in [-0.4, -0.2) is 17.2 Å². The van der Waals surface area contributed by atoms with Gasteiger partial charge in [0.15, 0.2) is 0 Å². The van der Waals surface area contributed by atoms with Crippen molar-refractivity contribution in [3.63, 3.8) is 0 Å². The van der Waals surface area contributed by atoms with E-state index < -0.39 is 0 Å². The molecule has 4 aliphatic carbocycles. The summed E-state index contributed by atoms with van der Waals surface area (Å²) in [5.74, 6) is 2.99. The van der Waals surface area contributed by atoms with Crippen molar-refractivity contribution < 1.29 is 14.6 Å². The number of phenols is 1. The quantitative estimate of drug-likeness (QED) is 0.536. The fourth-order valence-corrected chi connectivity index (χ4v) is 7.90. The molecule has 0 spiro atoms. The van der Waals surface area contributed by atoms with Gasteiger partial charge in [0.2, 0.25) is 0 Å². The van der Waals surface area contributed by atoms with Crippen molar-refractivity contribution in [2.75, 3.05) is 0 Å². The van der Waals surface area contributed by atoms with Crippen LogP contribution in [0.5, 0.6) is 5.75 Å². The van der Waals surface area contributed by atoms with Crippen molar-refractivity contribution >= 4 is 5.97 Å². The number of aromatic hydroxyl groups is 1. The Balaban J connectivity index is 1.24. The van der Waals surface area contributed by atoms with Crippen molar-refractivity contribution in [3.05, 3.63) is 29.3 Å². The first-order valence-electron chi connectivity index (χ1n) is 13.1. The summed E-state index contributed by atoms with van der Waals surface area (Å²) in [5.41, 5.74) is 2.97. The Hall–Kier alpha value is -1.51. The van der Waals surface area contributed by atoms with Crippen LogP contribution < -0.4 is 0 Å². The van der Waals surface area contributed by atoms with E-state index in [0.29, 0.717) is 35.8 Å². The lowest BCUT2D eigenvalue weighted by molar-refractivity contribution is -0.158. The zero-order chi connectivity index (χ0) is 21.4. The van der Waals surface area contributed by atoms with E-state index >= 15 is 0 Å². The van der Waals surface area contributed by atoms with Gasteiger partial charge in [-0.3, -0.25) is 4.79 Å². The van der Waals surface area contributed by atoms with Gasteiger partial charge in [-0.1, -0.05) is 45.1 Å². The first-order valence-corrected chi connectivity index (χ1v) is 13.1. The van der Waals surface area contributed by atoms with E-state index in [0.717, 1.165) is 19.3 Å². The average Bonchev–Trinajstić information content (AvgIpc) is 3.05. The van der Waals surface area contributed by atoms with Crippen LogP contribution in [0.4, 0.5) is 0 Å². The van der Waals surface area contributed by atoms with Gasteiger partial charge < -0.3 is 9.84 Å². The van der Waals surface area contributed by atoms with Gasteiger partial charge in [0.05, 0.1) is 0 Å². The number of phenolic OH excluding ortho intramolecular Hbond substituents is 1. The molecule has 0 aromatic heterocycles. The summed E-state index contributed by atoms with van der Waals surface area (Å²) >= 11 is 0. The summed E-state index contributed by atoms with van der Waals surface area (Å²) < 4.78 is 6.25. The van der Waals surface area contributed by atoms with E-state index in [4.69, 9.17) is 4.74 Å². The number of hydrogen-bond donors (Lipinski definition) is 1. The number of carbonyl (C=O) groups is 1. The molecule has 3 fully saturated rings. The van der Waals surface area contributed by atoms with Gasteiger partial charge in [-0.05, 0) is 98.3 Å². The van der Waals surface area contributed by atoms with Crippen molar-refractivity contribution in [3.8, 4) is 5.75 Å². The van der Waals surface area contributed by atoms with Crippen molar-refractivity contribution in [2.45, 2.75) is 109 Å². The standard InChI is InChI=1S/C28H40O3/c1-28-16-15-23-22-12-10-21(29)18-20(22)9-11-24(23)25(28)13-14-26(28)31-27(30)17-19-7-5-3-2-4-6-8-19/h10,12,18-19,23-26,29H,2-9,11,13-17H2,1H3. The largest absolute Gasteiger partial charge is 0.508 e. The molecule has 1 N–H and O–H groups in total. The highest BCUT2D eigenvalue weighted by Gasteiger charge is 2.56. The zero-order valence-corrected chi connectivity index (χ0v) is 19.3. The molecule has 0 radical (unpaired) electrons. The van der Waals surface area contributed by atoms with E-state index in [-0.39, 0.29) is 17.5 Å². The van der Waals surface area contributed by atoms with Crippen molar-refractivity contribution in [1.82, 2.24) is 0 Å². The van der Waals surface area contributed by atoms with E-state index in [2.05, 4.69) is 13.0 Å². The van der Waals surface area contributed by atoms with Crippen LogP contribution in [0.15, 0.2) is 18.2 Å². The third-order valence-corrected chi connectivity index (χ3v) is 9.58. The second-order valence-electron chi connectivity index (χ2n) is 11.3. The number of carbonyl (C=O) groups excluding carboxylic acids is 1. The molecule has 5 unspecified atom stereocenters. The molecule has 1 aromatic carbocycles. The minimum absolute atomic E-state index is 0.0732. The van der Waals surface area contributed by atoms with Crippen molar-refractivity contribution in [2.24, 2.45) is 23.2 Å². The van der Waals surface area contributed by atoms with Gasteiger partial charge >= 0.3 is 5.97 Å². The normalized spacial score (nSPS) is 35.9. The van der Waals surface area contributed by atoms with Gasteiger partial charge in [-0.15, -0.1) is 0 Å². The molecule has 5 rings (SSSR count). The third kappa shape index (κ3) is 4.14. The zero-order valence-electron chi connectivity index (χ0n) is 19.3. The lowest BCUT2D eigenvalue weighted by Gasteiger charge is -2.50. The Morgan fingerprint density at radius 2 is 1.81 bits per heavy atom. The van der Waals surface area contributed by atoms with E-state index in [9.17, 15) is 9.90 Å². The van der Waals surface area contributed by atoms with E-state index in [1.54, 1.807) is 0 Å². The predicted molar refractivity (Wildman–Crippen MR) is 123 cm³/mol. The van der Waals surface area contributed by atoms with E-state index in [1.807, 2.05) is 12.1 Å². The molecule has 0 bridgehead atoms. The maximum Gasteiger partial charge on any atom is 0.306 e. The second-order valence-corrected chi connectivity index (χ2v) is 11.3. The van der Waals surface area contributed by atoms with Crippen LogP contribution in [0.3, 0.4) is 0 Å². The van der Waals surface area contributed by atoms with Gasteiger partial charge in [0.25, 0.3) is 0 Å². The number of aryl methyl sites for hydroxylation is 1. The molecule has 170 valence electrons. The fourth-order valence-electron chi connectivity index (χ4n) is 7.90. The highest BCUT2D eigenvalue weighted by molar-refractivity contribution is 5.70. The smallest absolute Gasteiger partial charge is 0.306 e. The number of hydrogen-bond acceptors (Lipinski definition) is 3. The first-order chi connectivity index (χ1) is 15.0. The van der Waals surface area contributed by atoms with Crippen LogP contribution in [0.2, 0.25) is 0 Å². The number of benzene rings is 1. The van der Waals surface area contributed by atoms with Crippen LogP contribution in [0.25, 0.3) is 0 Å². The third-order valence-electron chi connectivity index (χ3n) is 9.58. The minimum atomic E-state index is 0.0732. The molecule has 5 atom stereocenters. The maximum atomic E-state index is 12.9. The number of esters is 1. The van der Waals surface area contributed by atoms with Crippen molar-refractivity contribution in [1.29, 1.82) is 0 Å². The Morgan fingerprint density at radius 3 is 2.61 bits per heavy atom. The summed E-state index contributed by atoms with van der Waals surface area (Å²) in [4.78, 5) is 12.9. The highest BCUT2D eigenvalue weighted by atomic mass is 16.5. The van der Waals surface area contributed by atoms with Crippen LogP contribution in [-0.2, 0) is 16.0 Å². The first kappa shape index (κ1) is 21.3. The summed E-state index contributed by atoms with van der Waals surface area (Å²) in [5, 5.41) is 9.89. The van der Waals surface area contributed by atoms with Gasteiger partial charge in [0.1, 0.15) is 11.9 Å². The Morgan fingerprint density at radius 1 is 1.03 bits per heavy atom. The lowest BCUT2D eigenvalue weighted by atomic mass is 9.55. The molecule has 0 heterocycles. The average molecular weight is 425 g/mol. The SMILES string of the molecule is CC12CCC3c4ccc(O)cc4CCC3C1CCC2OC(=O)CC1CCCCCCC1. The highest BCUT2D eigenvalue weighted by Crippen LogP contribution is 2.61. The van der Waals surface area contributed by atoms with Crippen LogP contribution in [0.1, 0.15) is 107 Å². The Labute approximate surface area is 188 Å². The van der Waals surface area contributed by atoms with Crippen LogP contribution >= 0.6 is 0 Å². The molecule has 4 aliphatic rings. The summed E-state index contributed by atoms with van der Waals surface area (Å²) in [6.07, 6.45) is 16.6. The second kappa shape index (κ2) is 8.79. The topological polar surface area (TPSA) is 46.5 Å². The Kier molecular flexibility index (Phi) is 6.05. The molecular formula is C28H40O3. The molecule has 31 heavy (non-hydrogen) atoms. The fraction of sp³-hybridized carbons (Fsp3) is 0.750. The molecule has 3 saturated carbocycles. The maximum absolute atomic E-state index is 12.9. The minimum Gasteiger partial charge on any atom is -0.508 e. The molecular weight excluding hydrogens is 384 g/mol. The Bertz CT molecular complexity index is 793. The van der Waals surface area contributed by atoms with Gasteiger partial charge in [0, 0.05) is 11.8 Å². The lowest BCUT2D eigenvalue weighted by Crippen LogP contribution is -2.45. The summed E-state index contributed by atoms with van der Waals surface area (Å²) in [6.45, 7) is 2.42.